The Hall–Kier alpha value is -0.830. The Morgan fingerprint density at radius 1 is 1.23 bits per heavy atom. The molecule has 1 saturated heterocycles. The van der Waals surface area contributed by atoms with Gasteiger partial charge in [0, 0.05) is 51.9 Å². The molecule has 1 N–H and O–H groups in total. The monoisotopic (exact) mass is 475 g/mol. The molecule has 2 fully saturated rings. The van der Waals surface area contributed by atoms with Crippen LogP contribution in [0.3, 0.4) is 0 Å². The molecule has 0 amide bonds. The van der Waals surface area contributed by atoms with Crippen LogP contribution in [0.1, 0.15) is 45.2 Å². The molecular weight excluding hydrogens is 441 g/mol. The third kappa shape index (κ3) is 6.40. The van der Waals surface area contributed by atoms with Crippen LogP contribution in [-0.4, -0.2) is 60.2 Å². The van der Waals surface area contributed by atoms with Gasteiger partial charge < -0.3 is 14.7 Å². The first kappa shape index (κ1) is 21.5. The number of rotatable bonds is 5. The highest BCUT2D eigenvalue weighted by Crippen LogP contribution is 2.28. The fourth-order valence-electron chi connectivity index (χ4n) is 3.82. The van der Waals surface area contributed by atoms with Gasteiger partial charge in [0.2, 0.25) is 0 Å². The topological polar surface area (TPSA) is 56.9 Å². The largest absolute Gasteiger partial charge is 0.364 e. The van der Waals surface area contributed by atoms with Crippen molar-refractivity contribution in [1.82, 2.24) is 20.3 Å². The smallest absolute Gasteiger partial charge is 0.194 e. The molecule has 0 atom stereocenters. The average Bonchev–Trinajstić information content (AvgIpc) is 3.14. The Morgan fingerprint density at radius 3 is 2.58 bits per heavy atom. The molecule has 1 aromatic rings. The summed E-state index contributed by atoms with van der Waals surface area (Å²) in [5.74, 6) is 2.78. The Balaban J connectivity index is 0.00000243. The lowest BCUT2D eigenvalue weighted by Crippen LogP contribution is -2.52. The minimum absolute atomic E-state index is 0. The third-order valence-electron chi connectivity index (χ3n) is 5.52. The lowest BCUT2D eigenvalue weighted by molar-refractivity contribution is 0.168. The van der Waals surface area contributed by atoms with E-state index in [0.29, 0.717) is 0 Å². The molecule has 7 heteroatoms. The standard InChI is InChI=1S/C19H33N5O.HI/c1-3-20-19(21-14-17-6-4-16(2)5-7-17)24-11-9-23(10-12-24)15-18-8-13-25-22-18;/h8,13,16-17H,3-7,9-12,14-15H2,1-2H3,(H,20,21);1H. The first-order chi connectivity index (χ1) is 12.2. The molecule has 1 saturated carbocycles. The van der Waals surface area contributed by atoms with Crippen molar-refractivity contribution in [1.29, 1.82) is 0 Å². The van der Waals surface area contributed by atoms with Crippen LogP contribution >= 0.6 is 24.0 Å². The molecule has 26 heavy (non-hydrogen) atoms. The van der Waals surface area contributed by atoms with Gasteiger partial charge in [-0.15, -0.1) is 24.0 Å². The maximum Gasteiger partial charge on any atom is 0.194 e. The summed E-state index contributed by atoms with van der Waals surface area (Å²) < 4.78 is 4.93. The van der Waals surface area contributed by atoms with Crippen molar-refractivity contribution in [3.8, 4) is 0 Å². The number of nitrogens with one attached hydrogen (secondary N) is 1. The van der Waals surface area contributed by atoms with Crippen LogP contribution in [0.2, 0.25) is 0 Å². The van der Waals surface area contributed by atoms with E-state index in [-0.39, 0.29) is 24.0 Å². The van der Waals surface area contributed by atoms with E-state index in [9.17, 15) is 0 Å². The minimum atomic E-state index is 0. The summed E-state index contributed by atoms with van der Waals surface area (Å²) in [6.45, 7) is 11.4. The third-order valence-corrected chi connectivity index (χ3v) is 5.52. The Kier molecular flexibility index (Phi) is 9.18. The lowest BCUT2D eigenvalue weighted by Gasteiger charge is -2.36. The van der Waals surface area contributed by atoms with Crippen molar-refractivity contribution >= 4 is 29.9 Å². The van der Waals surface area contributed by atoms with Crippen LogP contribution in [0.15, 0.2) is 21.8 Å². The molecule has 3 rings (SSSR count). The van der Waals surface area contributed by atoms with Gasteiger partial charge in [0.15, 0.2) is 5.96 Å². The molecule has 6 nitrogen and oxygen atoms in total. The maximum atomic E-state index is 4.97. The molecular formula is C19H34IN5O. The number of nitrogens with zero attached hydrogens (tertiary/aromatic N) is 4. The van der Waals surface area contributed by atoms with Crippen LogP contribution in [0.4, 0.5) is 0 Å². The lowest BCUT2D eigenvalue weighted by atomic mass is 9.83. The summed E-state index contributed by atoms with van der Waals surface area (Å²) in [4.78, 5) is 9.81. The number of hydrogen-bond donors (Lipinski definition) is 1. The predicted molar refractivity (Wildman–Crippen MR) is 116 cm³/mol. The summed E-state index contributed by atoms with van der Waals surface area (Å²) >= 11 is 0. The van der Waals surface area contributed by atoms with E-state index in [1.165, 1.54) is 25.7 Å². The molecule has 0 radical (unpaired) electrons. The molecule has 148 valence electrons. The van der Waals surface area contributed by atoms with Crippen molar-refractivity contribution < 1.29 is 4.52 Å². The zero-order valence-corrected chi connectivity index (χ0v) is 18.5. The van der Waals surface area contributed by atoms with Crippen molar-refractivity contribution in [2.24, 2.45) is 16.8 Å². The summed E-state index contributed by atoms with van der Waals surface area (Å²) in [6, 6.07) is 1.95. The molecule has 0 aromatic carbocycles. The average molecular weight is 475 g/mol. The number of aliphatic imine (C=N–C) groups is 1. The van der Waals surface area contributed by atoms with Crippen molar-refractivity contribution in [2.45, 2.75) is 46.1 Å². The molecule has 1 aromatic heterocycles. The molecule has 1 aliphatic carbocycles. The van der Waals surface area contributed by atoms with Gasteiger partial charge in [-0.25, -0.2) is 0 Å². The van der Waals surface area contributed by atoms with Crippen LogP contribution in [-0.2, 0) is 6.54 Å². The van der Waals surface area contributed by atoms with Gasteiger partial charge in [0.1, 0.15) is 6.26 Å². The van der Waals surface area contributed by atoms with Gasteiger partial charge in [-0.05, 0) is 31.6 Å². The quantitative estimate of drug-likeness (QED) is 0.403. The van der Waals surface area contributed by atoms with Gasteiger partial charge in [-0.2, -0.15) is 0 Å². The zero-order valence-electron chi connectivity index (χ0n) is 16.2. The second-order valence-electron chi connectivity index (χ2n) is 7.57. The van der Waals surface area contributed by atoms with Crippen LogP contribution in [0.5, 0.6) is 0 Å². The molecule has 0 unspecified atom stereocenters. The normalized spacial score (nSPS) is 25.0. The van der Waals surface area contributed by atoms with Gasteiger partial charge >= 0.3 is 0 Å². The second kappa shape index (κ2) is 11.1. The zero-order chi connectivity index (χ0) is 17.5. The molecule has 0 spiro atoms. The highest BCUT2D eigenvalue weighted by atomic mass is 127. The van der Waals surface area contributed by atoms with Gasteiger partial charge in [-0.3, -0.25) is 9.89 Å². The summed E-state index contributed by atoms with van der Waals surface area (Å²) in [5, 5.41) is 7.51. The van der Waals surface area contributed by atoms with Crippen molar-refractivity contribution in [3.63, 3.8) is 0 Å². The van der Waals surface area contributed by atoms with Crippen LogP contribution < -0.4 is 5.32 Å². The summed E-state index contributed by atoms with van der Waals surface area (Å²) in [5.41, 5.74) is 1.01. The van der Waals surface area contributed by atoms with Crippen molar-refractivity contribution in [3.05, 3.63) is 18.0 Å². The van der Waals surface area contributed by atoms with E-state index in [1.54, 1.807) is 6.26 Å². The molecule has 0 bridgehead atoms. The van der Waals surface area contributed by atoms with Crippen LogP contribution in [0.25, 0.3) is 0 Å². The fourth-order valence-corrected chi connectivity index (χ4v) is 3.82. The Labute approximate surface area is 174 Å². The fraction of sp³-hybridized carbons (Fsp3) is 0.789. The number of hydrogen-bond acceptors (Lipinski definition) is 4. The molecule has 2 heterocycles. The highest BCUT2D eigenvalue weighted by molar-refractivity contribution is 14.0. The van der Waals surface area contributed by atoms with Crippen LogP contribution in [0, 0.1) is 11.8 Å². The van der Waals surface area contributed by atoms with E-state index in [4.69, 9.17) is 9.52 Å². The number of guanidine groups is 1. The van der Waals surface area contributed by atoms with Gasteiger partial charge in [0.25, 0.3) is 0 Å². The Bertz CT molecular complexity index is 520. The first-order valence-electron chi connectivity index (χ1n) is 9.89. The van der Waals surface area contributed by atoms with E-state index in [2.05, 4.69) is 34.1 Å². The minimum Gasteiger partial charge on any atom is -0.364 e. The predicted octanol–water partition coefficient (Wildman–Crippen LogP) is 3.20. The SMILES string of the molecule is CCNC(=NCC1CCC(C)CC1)N1CCN(Cc2ccon2)CC1.I. The molecule has 2 aliphatic rings. The maximum absolute atomic E-state index is 4.97. The van der Waals surface area contributed by atoms with E-state index < -0.39 is 0 Å². The van der Waals surface area contributed by atoms with E-state index in [1.807, 2.05) is 6.07 Å². The summed E-state index contributed by atoms with van der Waals surface area (Å²) in [7, 11) is 0. The van der Waals surface area contributed by atoms with E-state index >= 15 is 0 Å². The molecule has 1 aliphatic heterocycles. The number of piperazine rings is 1. The van der Waals surface area contributed by atoms with Gasteiger partial charge in [-0.1, -0.05) is 24.9 Å². The van der Waals surface area contributed by atoms with E-state index in [0.717, 1.165) is 69.3 Å². The second-order valence-corrected chi connectivity index (χ2v) is 7.57. The van der Waals surface area contributed by atoms with Crippen molar-refractivity contribution in [2.75, 3.05) is 39.3 Å². The number of aromatic nitrogens is 1. The highest BCUT2D eigenvalue weighted by Gasteiger charge is 2.22. The number of halogens is 1. The first-order valence-corrected chi connectivity index (χ1v) is 9.89. The summed E-state index contributed by atoms with van der Waals surface area (Å²) in [6.07, 6.45) is 7.08. The Morgan fingerprint density at radius 2 is 1.96 bits per heavy atom. The van der Waals surface area contributed by atoms with Gasteiger partial charge in [0.05, 0.1) is 5.69 Å².